The zero-order valence-corrected chi connectivity index (χ0v) is 12.9. The first-order chi connectivity index (χ1) is 9.69. The second kappa shape index (κ2) is 6.84. The van der Waals surface area contributed by atoms with E-state index in [4.69, 9.17) is 14.2 Å². The molecule has 0 amide bonds. The van der Waals surface area contributed by atoms with Gasteiger partial charge in [-0.2, -0.15) is 0 Å². The predicted molar refractivity (Wildman–Crippen MR) is 79.9 cm³/mol. The Balaban J connectivity index is 2.12. The minimum Gasteiger partial charge on any atom is -0.493 e. The average molecular weight is 279 g/mol. The van der Waals surface area contributed by atoms with E-state index < -0.39 is 0 Å². The molecule has 4 nitrogen and oxygen atoms in total. The van der Waals surface area contributed by atoms with Crippen LogP contribution in [0.1, 0.15) is 37.8 Å². The van der Waals surface area contributed by atoms with E-state index in [9.17, 15) is 0 Å². The first-order valence-corrected chi connectivity index (χ1v) is 7.22. The lowest BCUT2D eigenvalue weighted by atomic mass is 9.85. The van der Waals surface area contributed by atoms with Crippen LogP contribution < -0.4 is 19.5 Å². The average Bonchev–Trinajstić information content (AvgIpc) is 2.43. The highest BCUT2D eigenvalue weighted by Gasteiger charge is 2.20. The monoisotopic (exact) mass is 279 g/mol. The Morgan fingerprint density at radius 2 is 1.70 bits per heavy atom. The molecule has 0 bridgehead atoms. The van der Waals surface area contributed by atoms with E-state index in [2.05, 4.69) is 12.2 Å². The molecule has 1 saturated carbocycles. The van der Waals surface area contributed by atoms with Crippen LogP contribution in [-0.2, 0) is 0 Å². The van der Waals surface area contributed by atoms with Crippen molar-refractivity contribution in [1.82, 2.24) is 5.32 Å². The van der Waals surface area contributed by atoms with Gasteiger partial charge in [-0.25, -0.2) is 0 Å². The van der Waals surface area contributed by atoms with Crippen molar-refractivity contribution >= 4 is 0 Å². The lowest BCUT2D eigenvalue weighted by Gasteiger charge is -2.27. The molecule has 1 fully saturated rings. The van der Waals surface area contributed by atoms with E-state index in [1.54, 1.807) is 21.3 Å². The summed E-state index contributed by atoms with van der Waals surface area (Å²) in [5, 5.41) is 3.59. The van der Waals surface area contributed by atoms with Crippen molar-refractivity contribution in [1.29, 1.82) is 0 Å². The summed E-state index contributed by atoms with van der Waals surface area (Å²) in [5.74, 6) is 2.91. The van der Waals surface area contributed by atoms with E-state index in [-0.39, 0.29) is 6.04 Å². The quantitative estimate of drug-likeness (QED) is 0.832. The molecule has 0 spiro atoms. The molecule has 1 aromatic rings. The number of methoxy groups -OCH3 is 3. The largest absolute Gasteiger partial charge is 0.493 e. The predicted octanol–water partition coefficient (Wildman–Crippen LogP) is 3.16. The van der Waals surface area contributed by atoms with Crippen LogP contribution in [0.3, 0.4) is 0 Å². The van der Waals surface area contributed by atoms with Crippen molar-refractivity contribution < 1.29 is 14.2 Å². The van der Waals surface area contributed by atoms with Gasteiger partial charge >= 0.3 is 0 Å². The minimum absolute atomic E-state index is 0.268. The summed E-state index contributed by atoms with van der Waals surface area (Å²) < 4.78 is 16.1. The standard InChI is InChI=1S/C16H25NO3/c1-11(17-10-12-6-5-7-12)13-8-14(18-2)16(20-4)15(9-13)19-3/h8-9,11-12,17H,5-7,10H2,1-4H3. The van der Waals surface area contributed by atoms with E-state index in [1.165, 1.54) is 19.3 Å². The molecule has 0 aliphatic heterocycles. The number of ether oxygens (including phenoxy) is 3. The maximum Gasteiger partial charge on any atom is 0.203 e. The van der Waals surface area contributed by atoms with Crippen LogP contribution in [0.2, 0.25) is 0 Å². The SMILES string of the molecule is COc1cc(C(C)NCC2CCC2)cc(OC)c1OC. The van der Waals surface area contributed by atoms with Gasteiger partial charge in [0, 0.05) is 6.04 Å². The first-order valence-electron chi connectivity index (χ1n) is 7.22. The number of hydrogen-bond donors (Lipinski definition) is 1. The maximum absolute atomic E-state index is 5.39. The Morgan fingerprint density at radius 3 is 2.10 bits per heavy atom. The summed E-state index contributed by atoms with van der Waals surface area (Å²) in [7, 11) is 4.92. The van der Waals surface area contributed by atoms with Gasteiger partial charge < -0.3 is 19.5 Å². The molecule has 1 aliphatic rings. The van der Waals surface area contributed by atoms with Gasteiger partial charge in [-0.1, -0.05) is 6.42 Å². The minimum atomic E-state index is 0.268. The third-order valence-corrected chi connectivity index (χ3v) is 4.12. The number of hydrogen-bond acceptors (Lipinski definition) is 4. The van der Waals surface area contributed by atoms with Crippen molar-refractivity contribution in [2.45, 2.75) is 32.2 Å². The fourth-order valence-corrected chi connectivity index (χ4v) is 2.51. The Morgan fingerprint density at radius 1 is 1.10 bits per heavy atom. The molecular formula is C16H25NO3. The fraction of sp³-hybridized carbons (Fsp3) is 0.625. The highest BCUT2D eigenvalue weighted by atomic mass is 16.5. The molecular weight excluding hydrogens is 254 g/mol. The zero-order chi connectivity index (χ0) is 14.5. The van der Waals surface area contributed by atoms with Gasteiger partial charge in [-0.05, 0) is 49.9 Å². The summed E-state index contributed by atoms with van der Waals surface area (Å²) in [5.41, 5.74) is 1.15. The topological polar surface area (TPSA) is 39.7 Å². The second-order valence-corrected chi connectivity index (χ2v) is 5.39. The maximum atomic E-state index is 5.39. The fourth-order valence-electron chi connectivity index (χ4n) is 2.51. The molecule has 1 N–H and O–H groups in total. The van der Waals surface area contributed by atoms with Crippen LogP contribution in [0.4, 0.5) is 0 Å². The van der Waals surface area contributed by atoms with Gasteiger partial charge in [0.1, 0.15) is 0 Å². The summed E-state index contributed by atoms with van der Waals surface area (Å²) in [6.07, 6.45) is 4.09. The van der Waals surface area contributed by atoms with Crippen LogP contribution in [-0.4, -0.2) is 27.9 Å². The lowest BCUT2D eigenvalue weighted by Crippen LogP contribution is -2.29. The van der Waals surface area contributed by atoms with E-state index in [0.29, 0.717) is 17.2 Å². The number of rotatable bonds is 7. The van der Waals surface area contributed by atoms with Crippen LogP contribution >= 0.6 is 0 Å². The van der Waals surface area contributed by atoms with Crippen LogP contribution in [0.25, 0.3) is 0 Å². The molecule has 1 atom stereocenters. The van der Waals surface area contributed by atoms with Crippen LogP contribution in [0.5, 0.6) is 17.2 Å². The Labute approximate surface area is 121 Å². The summed E-state index contributed by atoms with van der Waals surface area (Å²) >= 11 is 0. The number of benzene rings is 1. The molecule has 0 aromatic heterocycles. The van der Waals surface area contributed by atoms with Crippen molar-refractivity contribution in [3.05, 3.63) is 17.7 Å². The van der Waals surface area contributed by atoms with Crippen molar-refractivity contribution in [2.75, 3.05) is 27.9 Å². The van der Waals surface area contributed by atoms with Crippen LogP contribution in [0.15, 0.2) is 12.1 Å². The molecule has 1 aliphatic carbocycles. The molecule has 4 heteroatoms. The second-order valence-electron chi connectivity index (χ2n) is 5.39. The van der Waals surface area contributed by atoms with Gasteiger partial charge in [0.15, 0.2) is 11.5 Å². The van der Waals surface area contributed by atoms with Gasteiger partial charge in [-0.3, -0.25) is 0 Å². The summed E-state index contributed by atoms with van der Waals surface area (Å²) in [4.78, 5) is 0. The molecule has 0 heterocycles. The molecule has 20 heavy (non-hydrogen) atoms. The summed E-state index contributed by atoms with van der Waals surface area (Å²) in [6, 6.07) is 4.30. The molecule has 112 valence electrons. The van der Waals surface area contributed by atoms with Gasteiger partial charge in [0.25, 0.3) is 0 Å². The lowest BCUT2D eigenvalue weighted by molar-refractivity contribution is 0.291. The third kappa shape index (κ3) is 3.18. The van der Waals surface area contributed by atoms with E-state index in [1.807, 2.05) is 12.1 Å². The van der Waals surface area contributed by atoms with Gasteiger partial charge in [0.2, 0.25) is 5.75 Å². The van der Waals surface area contributed by atoms with E-state index in [0.717, 1.165) is 18.0 Å². The molecule has 0 saturated heterocycles. The Hall–Kier alpha value is -1.42. The highest BCUT2D eigenvalue weighted by Crippen LogP contribution is 2.39. The Bertz CT molecular complexity index is 418. The van der Waals surface area contributed by atoms with Crippen LogP contribution in [0, 0.1) is 5.92 Å². The van der Waals surface area contributed by atoms with Gasteiger partial charge in [-0.15, -0.1) is 0 Å². The van der Waals surface area contributed by atoms with Crippen molar-refractivity contribution in [2.24, 2.45) is 5.92 Å². The Kier molecular flexibility index (Phi) is 5.12. The molecule has 2 rings (SSSR count). The molecule has 1 unspecified atom stereocenters. The zero-order valence-electron chi connectivity index (χ0n) is 12.9. The molecule has 0 radical (unpaired) electrons. The normalized spacial score (nSPS) is 16.4. The number of nitrogens with one attached hydrogen (secondary N) is 1. The first kappa shape index (κ1) is 15.0. The van der Waals surface area contributed by atoms with Crippen molar-refractivity contribution in [3.63, 3.8) is 0 Å². The smallest absolute Gasteiger partial charge is 0.203 e. The third-order valence-electron chi connectivity index (χ3n) is 4.12. The van der Waals surface area contributed by atoms with Crippen molar-refractivity contribution in [3.8, 4) is 17.2 Å². The highest BCUT2D eigenvalue weighted by molar-refractivity contribution is 5.54. The van der Waals surface area contributed by atoms with E-state index >= 15 is 0 Å². The van der Waals surface area contributed by atoms with Gasteiger partial charge in [0.05, 0.1) is 21.3 Å². The summed E-state index contributed by atoms with van der Waals surface area (Å²) in [6.45, 7) is 3.25. The molecule has 1 aromatic carbocycles.